The van der Waals surface area contributed by atoms with Crippen molar-refractivity contribution < 1.29 is 22.9 Å². The summed E-state index contributed by atoms with van der Waals surface area (Å²) in [6.07, 6.45) is 1.52. The maximum Gasteiger partial charge on any atom is 0.471 e. The molecule has 6 nitrogen and oxygen atoms in total. The SMILES string of the molecule is O=S(=O)(N[C@@H](Cc1coc2ccccc12)B(O)O)c1ccccc1Cl. The minimum atomic E-state index is -4.02. The van der Waals surface area contributed by atoms with E-state index in [4.69, 9.17) is 16.0 Å². The molecule has 3 rings (SSSR count). The average Bonchev–Trinajstić information content (AvgIpc) is 2.97. The second-order valence-electron chi connectivity index (χ2n) is 5.53. The van der Waals surface area contributed by atoms with Crippen LogP contribution in [0.3, 0.4) is 0 Å². The second kappa shape index (κ2) is 7.19. The highest BCUT2D eigenvalue weighted by Gasteiger charge is 2.31. The summed E-state index contributed by atoms with van der Waals surface area (Å²) in [5.41, 5.74) is 1.30. The van der Waals surface area contributed by atoms with Crippen LogP contribution in [0.5, 0.6) is 0 Å². The van der Waals surface area contributed by atoms with Crippen LogP contribution in [0.15, 0.2) is 64.1 Å². The van der Waals surface area contributed by atoms with Crippen LogP contribution in [0, 0.1) is 0 Å². The Morgan fingerprint density at radius 3 is 2.52 bits per heavy atom. The molecule has 0 fully saturated rings. The zero-order valence-electron chi connectivity index (χ0n) is 13.0. The van der Waals surface area contributed by atoms with E-state index in [1.54, 1.807) is 12.1 Å². The van der Waals surface area contributed by atoms with Crippen molar-refractivity contribution in [3.05, 3.63) is 65.4 Å². The molecule has 3 N–H and O–H groups in total. The smallest absolute Gasteiger partial charge is 0.464 e. The Balaban J connectivity index is 1.88. The molecule has 0 saturated heterocycles. The van der Waals surface area contributed by atoms with E-state index in [1.807, 2.05) is 18.2 Å². The van der Waals surface area contributed by atoms with Gasteiger partial charge in [-0.05, 0) is 30.2 Å². The molecule has 0 bridgehead atoms. The van der Waals surface area contributed by atoms with Crippen molar-refractivity contribution in [2.24, 2.45) is 0 Å². The summed E-state index contributed by atoms with van der Waals surface area (Å²) in [5, 5.41) is 20.1. The lowest BCUT2D eigenvalue weighted by molar-refractivity contribution is 0.379. The number of halogens is 1. The molecule has 3 aromatic rings. The van der Waals surface area contributed by atoms with E-state index in [1.165, 1.54) is 24.5 Å². The van der Waals surface area contributed by atoms with Crippen molar-refractivity contribution in [3.63, 3.8) is 0 Å². The summed E-state index contributed by atoms with van der Waals surface area (Å²) in [5.74, 6) is -1.16. The van der Waals surface area contributed by atoms with Gasteiger partial charge >= 0.3 is 7.12 Å². The lowest BCUT2D eigenvalue weighted by Crippen LogP contribution is -2.47. The minimum Gasteiger partial charge on any atom is -0.464 e. The largest absolute Gasteiger partial charge is 0.471 e. The fourth-order valence-electron chi connectivity index (χ4n) is 2.56. The third-order valence-corrected chi connectivity index (χ3v) is 5.78. The number of hydrogen-bond donors (Lipinski definition) is 3. The van der Waals surface area contributed by atoms with Crippen LogP contribution < -0.4 is 4.72 Å². The highest BCUT2D eigenvalue weighted by atomic mass is 35.5. The molecule has 0 aliphatic carbocycles. The van der Waals surface area contributed by atoms with Gasteiger partial charge in [0.05, 0.1) is 17.2 Å². The number of fused-ring (bicyclic) bond motifs is 1. The molecular formula is C16H15BClNO5S. The first-order valence-corrected chi connectivity index (χ1v) is 9.33. The Bertz CT molecular complexity index is 989. The van der Waals surface area contributed by atoms with E-state index < -0.39 is 23.1 Å². The Morgan fingerprint density at radius 2 is 1.80 bits per heavy atom. The summed E-state index contributed by atoms with van der Waals surface area (Å²) < 4.78 is 32.7. The number of rotatable bonds is 6. The van der Waals surface area contributed by atoms with Crippen molar-refractivity contribution >= 4 is 39.7 Å². The molecular weight excluding hydrogens is 365 g/mol. The van der Waals surface area contributed by atoms with Crippen LogP contribution in [0.1, 0.15) is 5.56 Å². The zero-order valence-corrected chi connectivity index (χ0v) is 14.5. The van der Waals surface area contributed by atoms with Crippen molar-refractivity contribution in [3.8, 4) is 0 Å². The van der Waals surface area contributed by atoms with E-state index in [9.17, 15) is 18.5 Å². The third kappa shape index (κ3) is 3.89. The number of sulfonamides is 1. The fourth-order valence-corrected chi connectivity index (χ4v) is 4.31. The molecule has 1 atom stereocenters. The summed E-state index contributed by atoms with van der Waals surface area (Å²) in [7, 11) is -5.92. The van der Waals surface area contributed by atoms with E-state index in [2.05, 4.69) is 4.72 Å². The molecule has 0 aliphatic rings. The second-order valence-corrected chi connectivity index (χ2v) is 7.62. The molecule has 0 saturated carbocycles. The lowest BCUT2D eigenvalue weighted by atomic mass is 9.77. The molecule has 1 heterocycles. The highest BCUT2D eigenvalue weighted by molar-refractivity contribution is 7.89. The Morgan fingerprint density at radius 1 is 1.12 bits per heavy atom. The molecule has 1 aromatic heterocycles. The Labute approximate surface area is 150 Å². The summed E-state index contributed by atoms with van der Waals surface area (Å²) in [6, 6.07) is 13.2. The van der Waals surface area contributed by atoms with Gasteiger partial charge in [-0.25, -0.2) is 13.1 Å². The van der Waals surface area contributed by atoms with Crippen LogP contribution in [0.2, 0.25) is 5.02 Å². The summed E-state index contributed by atoms with van der Waals surface area (Å²) in [6.45, 7) is 0. The number of hydrogen-bond acceptors (Lipinski definition) is 5. The summed E-state index contributed by atoms with van der Waals surface area (Å²) >= 11 is 5.93. The number of furan rings is 1. The van der Waals surface area contributed by atoms with Gasteiger partial charge in [0.15, 0.2) is 0 Å². The van der Waals surface area contributed by atoms with E-state index in [0.717, 1.165) is 5.39 Å². The standard InChI is InChI=1S/C16H15BClNO5S/c18-13-6-2-4-8-15(13)25(22,23)19-16(17(20)21)9-11-10-24-14-7-3-1-5-12(11)14/h1-8,10,16,19-21H,9H2/t16-/m0/s1. The lowest BCUT2D eigenvalue weighted by Gasteiger charge is -2.18. The molecule has 25 heavy (non-hydrogen) atoms. The van der Waals surface area contributed by atoms with Crippen molar-refractivity contribution in [2.75, 3.05) is 0 Å². The fraction of sp³-hybridized carbons (Fsp3) is 0.125. The van der Waals surface area contributed by atoms with Crippen LogP contribution in [0.4, 0.5) is 0 Å². The van der Waals surface area contributed by atoms with Crippen molar-refractivity contribution in [1.29, 1.82) is 0 Å². The highest BCUT2D eigenvalue weighted by Crippen LogP contribution is 2.24. The van der Waals surface area contributed by atoms with Gasteiger partial charge < -0.3 is 14.5 Å². The molecule has 0 radical (unpaired) electrons. The van der Waals surface area contributed by atoms with Gasteiger partial charge in [0.25, 0.3) is 0 Å². The molecule has 0 amide bonds. The van der Waals surface area contributed by atoms with E-state index in [-0.39, 0.29) is 16.3 Å². The average molecular weight is 380 g/mol. The summed E-state index contributed by atoms with van der Waals surface area (Å²) in [4.78, 5) is -0.126. The van der Waals surface area contributed by atoms with Crippen molar-refractivity contribution in [1.82, 2.24) is 4.72 Å². The molecule has 0 unspecified atom stereocenters. The van der Waals surface area contributed by atoms with Gasteiger partial charge in [0.1, 0.15) is 10.5 Å². The van der Waals surface area contributed by atoms with Crippen LogP contribution in [-0.2, 0) is 16.4 Å². The first kappa shape index (κ1) is 18.0. The zero-order chi connectivity index (χ0) is 18.0. The molecule has 2 aromatic carbocycles. The maximum atomic E-state index is 12.5. The normalized spacial score (nSPS) is 13.1. The minimum absolute atomic E-state index is 0.0400. The molecule has 0 aliphatic heterocycles. The van der Waals surface area contributed by atoms with E-state index >= 15 is 0 Å². The molecule has 9 heteroatoms. The van der Waals surface area contributed by atoms with Crippen LogP contribution in [0.25, 0.3) is 11.0 Å². The van der Waals surface area contributed by atoms with Gasteiger partial charge in [0, 0.05) is 5.39 Å². The Kier molecular flexibility index (Phi) is 5.17. The quantitative estimate of drug-likeness (QED) is 0.569. The van der Waals surface area contributed by atoms with Crippen LogP contribution in [-0.4, -0.2) is 31.5 Å². The predicted molar refractivity (Wildman–Crippen MR) is 95.7 cm³/mol. The third-order valence-electron chi connectivity index (χ3n) is 3.79. The van der Waals surface area contributed by atoms with Gasteiger partial charge in [-0.2, -0.15) is 0 Å². The van der Waals surface area contributed by atoms with Crippen molar-refractivity contribution in [2.45, 2.75) is 17.3 Å². The molecule has 0 spiro atoms. The van der Waals surface area contributed by atoms with Gasteiger partial charge in [-0.3, -0.25) is 0 Å². The topological polar surface area (TPSA) is 99.8 Å². The first-order chi connectivity index (χ1) is 11.9. The first-order valence-electron chi connectivity index (χ1n) is 7.46. The van der Waals surface area contributed by atoms with E-state index in [0.29, 0.717) is 11.1 Å². The predicted octanol–water partition coefficient (Wildman–Crippen LogP) is 1.99. The number of nitrogens with one attached hydrogen (secondary N) is 1. The monoisotopic (exact) mass is 379 g/mol. The maximum absolute atomic E-state index is 12.5. The van der Waals surface area contributed by atoms with Gasteiger partial charge in [-0.1, -0.05) is 41.9 Å². The molecule has 130 valence electrons. The van der Waals surface area contributed by atoms with Gasteiger partial charge in [-0.15, -0.1) is 0 Å². The number of para-hydroxylation sites is 1. The Hall–Kier alpha value is -1.84. The number of benzene rings is 2. The van der Waals surface area contributed by atoms with Gasteiger partial charge in [0.2, 0.25) is 10.0 Å². The van der Waals surface area contributed by atoms with Crippen LogP contribution >= 0.6 is 11.6 Å².